The summed E-state index contributed by atoms with van der Waals surface area (Å²) in [4.78, 5) is 30.2. The first kappa shape index (κ1) is 25.5. The molecule has 6 nitrogen and oxygen atoms in total. The minimum absolute atomic E-state index is 0.166. The number of aromatic nitrogens is 1. The minimum Gasteiger partial charge on any atom is -0.488 e. The van der Waals surface area contributed by atoms with Gasteiger partial charge in [-0.15, -0.1) is 11.3 Å². The van der Waals surface area contributed by atoms with Crippen molar-refractivity contribution in [2.45, 2.75) is 25.6 Å². The molecule has 1 aliphatic heterocycles. The smallest absolute Gasteiger partial charge is 0.416 e. The zero-order valence-corrected chi connectivity index (χ0v) is 20.7. The number of amides is 1. The van der Waals surface area contributed by atoms with Gasteiger partial charge < -0.3 is 14.7 Å². The summed E-state index contributed by atoms with van der Waals surface area (Å²) < 4.78 is 45.1. The summed E-state index contributed by atoms with van der Waals surface area (Å²) in [6, 6.07) is 19.5. The quantitative estimate of drug-likeness (QED) is 0.293. The molecule has 0 spiro atoms. The van der Waals surface area contributed by atoms with Crippen molar-refractivity contribution < 1.29 is 32.6 Å². The zero-order valence-electron chi connectivity index (χ0n) is 19.9. The maximum absolute atomic E-state index is 13.0. The third kappa shape index (κ3) is 5.40. The Balaban J connectivity index is 1.42. The first-order valence-corrected chi connectivity index (χ1v) is 12.5. The van der Waals surface area contributed by atoms with E-state index in [1.807, 2.05) is 30.3 Å². The second-order valence-corrected chi connectivity index (χ2v) is 9.77. The number of ether oxygens (including phenoxy) is 1. The van der Waals surface area contributed by atoms with Crippen LogP contribution < -0.4 is 9.64 Å². The molecule has 38 heavy (non-hydrogen) atoms. The standard InChI is InChI=1S/C28H21F3N2O4S/c29-28(30,31)20-9-6-18(7-10-20)27-32-26(17-4-2-1-3-5-17)23(38-27)16-37-21-11-12-22-19(14-21)8-13-24(34)33(22)15-25(35)36/h1-7,9-12,14H,8,13,15-16H2,(H,35,36). The minimum atomic E-state index is -4.41. The predicted molar refractivity (Wildman–Crippen MR) is 137 cm³/mol. The highest BCUT2D eigenvalue weighted by Gasteiger charge is 2.30. The van der Waals surface area contributed by atoms with Crippen LogP contribution in [0.15, 0.2) is 72.8 Å². The number of benzene rings is 3. The van der Waals surface area contributed by atoms with Crippen LogP contribution in [0.25, 0.3) is 21.8 Å². The summed E-state index contributed by atoms with van der Waals surface area (Å²) in [6.07, 6.45) is -3.72. The van der Waals surface area contributed by atoms with Crippen molar-refractivity contribution in [2.75, 3.05) is 11.4 Å². The van der Waals surface area contributed by atoms with Gasteiger partial charge >= 0.3 is 12.1 Å². The van der Waals surface area contributed by atoms with Crippen molar-refractivity contribution in [3.63, 3.8) is 0 Å². The third-order valence-electron chi connectivity index (χ3n) is 6.12. The number of fused-ring (bicyclic) bond motifs is 1. The molecule has 0 saturated carbocycles. The SMILES string of the molecule is O=C(O)CN1C(=O)CCc2cc(OCc3sc(-c4ccc(C(F)(F)F)cc4)nc3-c3ccccc3)ccc21. The molecule has 1 aliphatic rings. The van der Waals surface area contributed by atoms with Gasteiger partial charge in [0.15, 0.2) is 0 Å². The fourth-order valence-corrected chi connectivity index (χ4v) is 5.28. The van der Waals surface area contributed by atoms with Crippen LogP contribution >= 0.6 is 11.3 Å². The van der Waals surface area contributed by atoms with Gasteiger partial charge in [-0.3, -0.25) is 9.59 Å². The van der Waals surface area contributed by atoms with Gasteiger partial charge in [0.1, 0.15) is 23.9 Å². The van der Waals surface area contributed by atoms with Crippen LogP contribution in [0, 0.1) is 0 Å². The molecular formula is C28H21F3N2O4S. The number of carbonyl (C=O) groups is 2. The Labute approximate surface area is 219 Å². The fraction of sp³-hybridized carbons (Fsp3) is 0.179. The average Bonchev–Trinajstić information content (AvgIpc) is 3.33. The molecule has 0 radical (unpaired) electrons. The summed E-state index contributed by atoms with van der Waals surface area (Å²) in [5, 5.41) is 9.73. The summed E-state index contributed by atoms with van der Waals surface area (Å²) in [7, 11) is 0. The zero-order chi connectivity index (χ0) is 26.9. The Bertz CT molecular complexity index is 1480. The van der Waals surface area contributed by atoms with E-state index >= 15 is 0 Å². The van der Waals surface area contributed by atoms with Crippen molar-refractivity contribution >= 4 is 28.9 Å². The molecule has 0 bridgehead atoms. The molecule has 0 atom stereocenters. The molecule has 2 heterocycles. The molecule has 10 heteroatoms. The summed E-state index contributed by atoms with van der Waals surface area (Å²) in [5.74, 6) is -0.771. The first-order chi connectivity index (χ1) is 18.2. The highest BCUT2D eigenvalue weighted by Crippen LogP contribution is 2.37. The van der Waals surface area contributed by atoms with E-state index < -0.39 is 24.3 Å². The number of hydrogen-bond donors (Lipinski definition) is 1. The van der Waals surface area contributed by atoms with Gasteiger partial charge in [0.25, 0.3) is 0 Å². The highest BCUT2D eigenvalue weighted by molar-refractivity contribution is 7.15. The van der Waals surface area contributed by atoms with Gasteiger partial charge in [-0.25, -0.2) is 4.98 Å². The normalized spacial score (nSPS) is 13.3. The van der Waals surface area contributed by atoms with Gasteiger partial charge in [0.05, 0.1) is 16.1 Å². The monoisotopic (exact) mass is 538 g/mol. The number of rotatable bonds is 7. The number of anilines is 1. The Morgan fingerprint density at radius 3 is 2.42 bits per heavy atom. The molecule has 194 valence electrons. The summed E-state index contributed by atoms with van der Waals surface area (Å²) in [6.45, 7) is -0.237. The number of carboxylic acid groups (broad SMARTS) is 1. The van der Waals surface area contributed by atoms with Gasteiger partial charge in [-0.05, 0) is 42.3 Å². The number of nitrogens with zero attached hydrogens (tertiary/aromatic N) is 2. The van der Waals surface area contributed by atoms with E-state index in [0.29, 0.717) is 34.1 Å². The number of alkyl halides is 3. The van der Waals surface area contributed by atoms with E-state index in [1.165, 1.54) is 28.4 Å². The molecule has 1 aromatic heterocycles. The maximum Gasteiger partial charge on any atom is 0.416 e. The largest absolute Gasteiger partial charge is 0.488 e. The van der Waals surface area contributed by atoms with E-state index in [-0.39, 0.29) is 18.9 Å². The number of hydrogen-bond acceptors (Lipinski definition) is 5. The van der Waals surface area contributed by atoms with E-state index in [9.17, 15) is 22.8 Å². The number of aryl methyl sites for hydroxylation is 1. The molecule has 5 rings (SSSR count). The van der Waals surface area contributed by atoms with Crippen molar-refractivity contribution in [2.24, 2.45) is 0 Å². The highest BCUT2D eigenvalue weighted by atomic mass is 32.1. The third-order valence-corrected chi connectivity index (χ3v) is 7.20. The predicted octanol–water partition coefficient (Wildman–Crippen LogP) is 6.44. The average molecular weight is 539 g/mol. The van der Waals surface area contributed by atoms with E-state index in [4.69, 9.17) is 14.8 Å². The Hall–Kier alpha value is -4.18. The number of thiazole rings is 1. The van der Waals surface area contributed by atoms with Crippen LogP contribution in [0.5, 0.6) is 5.75 Å². The van der Waals surface area contributed by atoms with E-state index in [0.717, 1.165) is 28.1 Å². The first-order valence-electron chi connectivity index (χ1n) is 11.7. The number of carbonyl (C=O) groups excluding carboxylic acids is 1. The van der Waals surface area contributed by atoms with Crippen molar-refractivity contribution in [1.82, 2.24) is 4.98 Å². The fourth-order valence-electron chi connectivity index (χ4n) is 4.28. The lowest BCUT2D eigenvalue weighted by atomic mass is 10.0. The molecule has 1 N–H and O–H groups in total. The Morgan fingerprint density at radius 1 is 1.00 bits per heavy atom. The topological polar surface area (TPSA) is 79.7 Å². The van der Waals surface area contributed by atoms with Crippen LogP contribution in [-0.4, -0.2) is 28.5 Å². The van der Waals surface area contributed by atoms with Crippen molar-refractivity contribution in [3.8, 4) is 27.6 Å². The molecule has 0 fully saturated rings. The van der Waals surface area contributed by atoms with Crippen LogP contribution in [0.2, 0.25) is 0 Å². The Morgan fingerprint density at radius 2 is 1.74 bits per heavy atom. The van der Waals surface area contributed by atoms with Crippen LogP contribution in [0.1, 0.15) is 22.4 Å². The molecule has 0 unspecified atom stereocenters. The molecule has 0 saturated heterocycles. The van der Waals surface area contributed by atoms with E-state index in [2.05, 4.69) is 0 Å². The number of carboxylic acids is 1. The molecule has 4 aromatic rings. The van der Waals surface area contributed by atoms with Crippen LogP contribution in [0.3, 0.4) is 0 Å². The maximum atomic E-state index is 13.0. The lowest BCUT2D eigenvalue weighted by Gasteiger charge is -2.28. The van der Waals surface area contributed by atoms with Crippen LogP contribution in [0.4, 0.5) is 18.9 Å². The molecular weight excluding hydrogens is 517 g/mol. The lowest BCUT2D eigenvalue weighted by Crippen LogP contribution is -2.38. The van der Waals surface area contributed by atoms with Crippen molar-refractivity contribution in [3.05, 3.63) is 88.8 Å². The van der Waals surface area contributed by atoms with Gasteiger partial charge in [0, 0.05) is 23.2 Å². The summed E-state index contributed by atoms with van der Waals surface area (Å²) in [5.41, 5.74) is 2.77. The second kappa shape index (κ2) is 10.3. The summed E-state index contributed by atoms with van der Waals surface area (Å²) >= 11 is 1.34. The second-order valence-electron chi connectivity index (χ2n) is 8.68. The number of halogens is 3. The van der Waals surface area contributed by atoms with E-state index in [1.54, 1.807) is 18.2 Å². The Kier molecular flexibility index (Phi) is 6.90. The van der Waals surface area contributed by atoms with Gasteiger partial charge in [-0.1, -0.05) is 42.5 Å². The molecule has 3 aromatic carbocycles. The lowest BCUT2D eigenvalue weighted by molar-refractivity contribution is -0.138. The van der Waals surface area contributed by atoms with Gasteiger partial charge in [0.2, 0.25) is 5.91 Å². The number of aliphatic carboxylic acids is 1. The molecule has 1 amide bonds. The van der Waals surface area contributed by atoms with Crippen LogP contribution in [-0.2, 0) is 28.8 Å². The van der Waals surface area contributed by atoms with Crippen molar-refractivity contribution in [1.29, 1.82) is 0 Å². The molecule has 0 aliphatic carbocycles. The van der Waals surface area contributed by atoms with Gasteiger partial charge in [-0.2, -0.15) is 13.2 Å².